The molecule has 104 valence electrons. The largest absolute Gasteiger partial charge is 0.351 e. The molecule has 1 unspecified atom stereocenters. The quantitative estimate of drug-likeness (QED) is 0.835. The lowest BCUT2D eigenvalue weighted by atomic mass is 10.1. The highest BCUT2D eigenvalue weighted by Gasteiger charge is 2.21. The molecule has 1 aliphatic heterocycles. The predicted molar refractivity (Wildman–Crippen MR) is 76.7 cm³/mol. The van der Waals surface area contributed by atoms with Crippen molar-refractivity contribution in [3.63, 3.8) is 0 Å². The van der Waals surface area contributed by atoms with Crippen molar-refractivity contribution in [3.05, 3.63) is 35.4 Å². The van der Waals surface area contributed by atoms with Gasteiger partial charge in [0.15, 0.2) is 0 Å². The maximum atomic E-state index is 11.9. The molecule has 2 rings (SSSR count). The van der Waals surface area contributed by atoms with E-state index in [9.17, 15) is 4.79 Å². The van der Waals surface area contributed by atoms with Crippen LogP contribution in [0, 0.1) is 0 Å². The molecule has 4 heteroatoms. The summed E-state index contributed by atoms with van der Waals surface area (Å²) in [5.41, 5.74) is 2.43. The van der Waals surface area contributed by atoms with Crippen molar-refractivity contribution in [3.8, 4) is 0 Å². The van der Waals surface area contributed by atoms with Crippen LogP contribution in [-0.4, -0.2) is 37.5 Å². The van der Waals surface area contributed by atoms with Gasteiger partial charge in [0, 0.05) is 13.1 Å². The van der Waals surface area contributed by atoms with Crippen molar-refractivity contribution in [2.75, 3.05) is 20.6 Å². The van der Waals surface area contributed by atoms with E-state index in [0.717, 1.165) is 31.5 Å². The van der Waals surface area contributed by atoms with E-state index in [-0.39, 0.29) is 11.9 Å². The second-order valence-electron chi connectivity index (χ2n) is 5.42. The number of benzene rings is 1. The van der Waals surface area contributed by atoms with E-state index in [1.54, 1.807) is 0 Å². The van der Waals surface area contributed by atoms with Crippen LogP contribution in [0.25, 0.3) is 0 Å². The zero-order chi connectivity index (χ0) is 13.7. The minimum Gasteiger partial charge on any atom is -0.351 e. The summed E-state index contributed by atoms with van der Waals surface area (Å²) in [6.07, 6.45) is 2.04. The molecule has 0 radical (unpaired) electrons. The minimum absolute atomic E-state index is 0.00459. The summed E-state index contributed by atoms with van der Waals surface area (Å²) in [6.45, 7) is 2.49. The fourth-order valence-corrected chi connectivity index (χ4v) is 2.42. The Balaban J connectivity index is 1.86. The Kier molecular flexibility index (Phi) is 4.93. The second-order valence-corrected chi connectivity index (χ2v) is 5.42. The predicted octanol–water partition coefficient (Wildman–Crippen LogP) is 1.12. The first kappa shape index (κ1) is 14.0. The number of rotatable bonds is 5. The van der Waals surface area contributed by atoms with Gasteiger partial charge in [0.1, 0.15) is 0 Å². The summed E-state index contributed by atoms with van der Waals surface area (Å²) < 4.78 is 0. The molecule has 1 heterocycles. The molecule has 4 nitrogen and oxygen atoms in total. The number of carbonyl (C=O) groups is 1. The third-order valence-corrected chi connectivity index (χ3v) is 3.33. The lowest BCUT2D eigenvalue weighted by Crippen LogP contribution is -2.40. The summed E-state index contributed by atoms with van der Waals surface area (Å²) in [6, 6.07) is 8.38. The molecule has 1 amide bonds. The molecule has 1 fully saturated rings. The molecule has 0 aromatic heterocycles. The van der Waals surface area contributed by atoms with Crippen molar-refractivity contribution in [2.45, 2.75) is 32.0 Å². The van der Waals surface area contributed by atoms with Crippen molar-refractivity contribution in [1.29, 1.82) is 0 Å². The Morgan fingerprint density at radius 1 is 1.42 bits per heavy atom. The van der Waals surface area contributed by atoms with E-state index < -0.39 is 0 Å². The zero-order valence-electron chi connectivity index (χ0n) is 11.8. The lowest BCUT2D eigenvalue weighted by Gasteiger charge is -2.13. The molecule has 1 aliphatic rings. The molecule has 1 aromatic rings. The molecule has 0 spiro atoms. The van der Waals surface area contributed by atoms with Crippen LogP contribution in [0.1, 0.15) is 24.0 Å². The van der Waals surface area contributed by atoms with Gasteiger partial charge in [0.05, 0.1) is 6.04 Å². The maximum absolute atomic E-state index is 11.9. The molecule has 0 aliphatic carbocycles. The summed E-state index contributed by atoms with van der Waals surface area (Å²) in [5.74, 6) is 0.121. The molecule has 1 atom stereocenters. The number of amides is 1. The van der Waals surface area contributed by atoms with Gasteiger partial charge in [-0.25, -0.2) is 0 Å². The van der Waals surface area contributed by atoms with Gasteiger partial charge in [-0.05, 0) is 44.6 Å². The summed E-state index contributed by atoms with van der Waals surface area (Å²) in [7, 11) is 4.11. The fourth-order valence-electron chi connectivity index (χ4n) is 2.42. The third-order valence-electron chi connectivity index (χ3n) is 3.33. The molecule has 2 N–H and O–H groups in total. The van der Waals surface area contributed by atoms with Gasteiger partial charge in [0.2, 0.25) is 5.91 Å². The summed E-state index contributed by atoms with van der Waals surface area (Å²) in [4.78, 5) is 14.0. The van der Waals surface area contributed by atoms with Crippen LogP contribution in [0.3, 0.4) is 0 Å². The minimum atomic E-state index is 0.00459. The maximum Gasteiger partial charge on any atom is 0.237 e. The van der Waals surface area contributed by atoms with Crippen molar-refractivity contribution in [2.24, 2.45) is 0 Å². The Morgan fingerprint density at radius 3 is 2.89 bits per heavy atom. The topological polar surface area (TPSA) is 44.4 Å². The highest BCUT2D eigenvalue weighted by atomic mass is 16.2. The van der Waals surface area contributed by atoms with Gasteiger partial charge in [-0.1, -0.05) is 24.3 Å². The molecule has 19 heavy (non-hydrogen) atoms. The van der Waals surface area contributed by atoms with Crippen LogP contribution in [-0.2, 0) is 17.9 Å². The van der Waals surface area contributed by atoms with Crippen molar-refractivity contribution < 1.29 is 4.79 Å². The van der Waals surface area contributed by atoms with Gasteiger partial charge in [0.25, 0.3) is 0 Å². The first-order valence-electron chi connectivity index (χ1n) is 6.89. The van der Waals surface area contributed by atoms with Gasteiger partial charge < -0.3 is 15.5 Å². The normalized spacial score (nSPS) is 18.8. The van der Waals surface area contributed by atoms with Gasteiger partial charge in [-0.2, -0.15) is 0 Å². The van der Waals surface area contributed by atoms with Crippen LogP contribution in [0.4, 0.5) is 0 Å². The molecular weight excluding hydrogens is 238 g/mol. The summed E-state index contributed by atoms with van der Waals surface area (Å²) >= 11 is 0. The molecule has 1 saturated heterocycles. The van der Waals surface area contributed by atoms with E-state index in [1.165, 1.54) is 5.56 Å². The van der Waals surface area contributed by atoms with Crippen LogP contribution in [0.5, 0.6) is 0 Å². The average molecular weight is 261 g/mol. The Labute approximate surface area is 115 Å². The highest BCUT2D eigenvalue weighted by molar-refractivity contribution is 5.81. The second kappa shape index (κ2) is 6.68. The Bertz CT molecular complexity index is 425. The first-order valence-corrected chi connectivity index (χ1v) is 6.89. The van der Waals surface area contributed by atoms with Crippen LogP contribution < -0.4 is 10.6 Å². The number of hydrogen-bond acceptors (Lipinski definition) is 3. The number of hydrogen-bond donors (Lipinski definition) is 2. The fraction of sp³-hybridized carbons (Fsp3) is 0.533. The third kappa shape index (κ3) is 4.33. The van der Waals surface area contributed by atoms with E-state index in [1.807, 2.05) is 6.07 Å². The van der Waals surface area contributed by atoms with E-state index in [0.29, 0.717) is 6.54 Å². The smallest absolute Gasteiger partial charge is 0.237 e. The van der Waals surface area contributed by atoms with Crippen molar-refractivity contribution in [1.82, 2.24) is 15.5 Å². The SMILES string of the molecule is CN(C)Cc1cccc(CNC(=O)C2CCCN2)c1. The Hall–Kier alpha value is -1.39. The monoisotopic (exact) mass is 261 g/mol. The highest BCUT2D eigenvalue weighted by Crippen LogP contribution is 2.08. The van der Waals surface area contributed by atoms with Gasteiger partial charge in [-0.3, -0.25) is 4.79 Å². The Morgan fingerprint density at radius 2 is 2.21 bits per heavy atom. The van der Waals surface area contributed by atoms with Crippen molar-refractivity contribution >= 4 is 5.91 Å². The van der Waals surface area contributed by atoms with E-state index in [2.05, 4.69) is 47.8 Å². The first-order chi connectivity index (χ1) is 9.15. The average Bonchev–Trinajstić information content (AvgIpc) is 2.89. The van der Waals surface area contributed by atoms with Crippen LogP contribution >= 0.6 is 0 Å². The number of nitrogens with one attached hydrogen (secondary N) is 2. The molecule has 1 aromatic carbocycles. The molecule has 0 saturated carbocycles. The van der Waals surface area contributed by atoms with Gasteiger partial charge in [-0.15, -0.1) is 0 Å². The lowest BCUT2D eigenvalue weighted by molar-refractivity contribution is -0.122. The number of carbonyl (C=O) groups excluding carboxylic acids is 1. The van der Waals surface area contributed by atoms with Gasteiger partial charge >= 0.3 is 0 Å². The molecular formula is C15H23N3O. The number of nitrogens with zero attached hydrogens (tertiary/aromatic N) is 1. The van der Waals surface area contributed by atoms with Crippen LogP contribution in [0.2, 0.25) is 0 Å². The standard InChI is InChI=1S/C15H23N3O/c1-18(2)11-13-6-3-5-12(9-13)10-17-15(19)14-7-4-8-16-14/h3,5-6,9,14,16H,4,7-8,10-11H2,1-2H3,(H,17,19). The summed E-state index contributed by atoms with van der Waals surface area (Å²) in [5, 5.41) is 6.22. The van der Waals surface area contributed by atoms with Crippen LogP contribution in [0.15, 0.2) is 24.3 Å². The molecule has 0 bridgehead atoms. The zero-order valence-corrected chi connectivity index (χ0v) is 11.8. The van der Waals surface area contributed by atoms with E-state index in [4.69, 9.17) is 0 Å². The van der Waals surface area contributed by atoms with E-state index >= 15 is 0 Å².